The predicted molar refractivity (Wildman–Crippen MR) is 76.7 cm³/mol. The lowest BCUT2D eigenvalue weighted by Crippen LogP contribution is -2.30. The zero-order chi connectivity index (χ0) is 14.5. The first-order valence-electron chi connectivity index (χ1n) is 6.17. The van der Waals surface area contributed by atoms with Gasteiger partial charge >= 0.3 is 5.69 Å². The number of hydrogen-bond acceptors (Lipinski definition) is 4. The molecule has 2 N–H and O–H groups in total. The van der Waals surface area contributed by atoms with Crippen LogP contribution in [0, 0.1) is 0 Å². The topological polar surface area (TPSA) is 70.5 Å². The Morgan fingerprint density at radius 1 is 1.60 bits per heavy atom. The number of nitrogens with zero attached hydrogens (tertiary/aromatic N) is 2. The molecule has 0 spiro atoms. The average Bonchev–Trinajstić information content (AvgIpc) is 2.86. The first kappa shape index (κ1) is 14.1. The minimum absolute atomic E-state index is 0.202. The van der Waals surface area contributed by atoms with Crippen molar-refractivity contribution in [3.63, 3.8) is 0 Å². The van der Waals surface area contributed by atoms with E-state index in [4.69, 9.17) is 9.84 Å². The highest BCUT2D eigenvalue weighted by Crippen LogP contribution is 2.21. The van der Waals surface area contributed by atoms with E-state index in [1.165, 1.54) is 4.57 Å². The Bertz CT molecular complexity index is 632. The van der Waals surface area contributed by atoms with Gasteiger partial charge < -0.3 is 19.7 Å². The maximum absolute atomic E-state index is 11.6. The third kappa shape index (κ3) is 2.81. The lowest BCUT2D eigenvalue weighted by Gasteiger charge is -2.27. The minimum atomic E-state index is -0.373. The first-order valence-corrected chi connectivity index (χ1v) is 6.17. The van der Waals surface area contributed by atoms with E-state index in [-0.39, 0.29) is 18.7 Å². The van der Waals surface area contributed by atoms with E-state index in [9.17, 15) is 4.79 Å². The van der Waals surface area contributed by atoms with Crippen molar-refractivity contribution in [3.05, 3.63) is 59.9 Å². The predicted octanol–water partition coefficient (Wildman–Crippen LogP) is 1.43. The summed E-state index contributed by atoms with van der Waals surface area (Å²) in [5.74, 6) is 0. The zero-order valence-corrected chi connectivity index (χ0v) is 11.2. The molecule has 6 heteroatoms. The molecule has 0 bridgehead atoms. The van der Waals surface area contributed by atoms with Crippen LogP contribution in [0.15, 0.2) is 54.2 Å². The number of imidazole rings is 1. The fraction of sp³-hybridized carbons (Fsp3) is 0.214. The highest BCUT2D eigenvalue weighted by Gasteiger charge is 2.12. The van der Waals surface area contributed by atoms with Gasteiger partial charge in [-0.2, -0.15) is 0 Å². The molecule has 0 fully saturated rings. The number of anilines is 1. The van der Waals surface area contributed by atoms with Crippen LogP contribution in [-0.2, 0) is 4.74 Å². The molecule has 20 heavy (non-hydrogen) atoms. The normalized spacial score (nSPS) is 12.1. The van der Waals surface area contributed by atoms with E-state index in [0.717, 1.165) is 11.4 Å². The van der Waals surface area contributed by atoms with Gasteiger partial charge in [0, 0.05) is 18.1 Å². The number of hydrogen-bond donors (Lipinski definition) is 2. The Hall–Kier alpha value is -2.31. The number of H-pyrrole nitrogens is 1. The largest absolute Gasteiger partial charge is 0.371 e. The quantitative estimate of drug-likeness (QED) is 0.782. The van der Waals surface area contributed by atoms with Crippen LogP contribution in [-0.4, -0.2) is 27.7 Å². The van der Waals surface area contributed by atoms with Gasteiger partial charge in [-0.1, -0.05) is 12.6 Å². The number of aliphatic hydroxyl groups excluding tert-OH is 1. The van der Waals surface area contributed by atoms with Crippen LogP contribution in [0.5, 0.6) is 0 Å². The van der Waals surface area contributed by atoms with Crippen LogP contribution in [0.4, 0.5) is 5.69 Å². The summed E-state index contributed by atoms with van der Waals surface area (Å²) in [7, 11) is 0. The molecule has 0 saturated carbocycles. The van der Waals surface area contributed by atoms with E-state index < -0.39 is 0 Å². The molecular formula is C14H17N3O3. The second kappa shape index (κ2) is 6.23. The maximum Gasteiger partial charge on any atom is 0.330 e. The smallest absolute Gasteiger partial charge is 0.330 e. The van der Waals surface area contributed by atoms with Crippen molar-refractivity contribution >= 4 is 5.69 Å². The Kier molecular flexibility index (Phi) is 4.39. The van der Waals surface area contributed by atoms with Crippen molar-refractivity contribution in [2.24, 2.45) is 0 Å². The molecule has 6 nitrogen and oxygen atoms in total. The number of aromatic amines is 1. The molecular weight excluding hydrogens is 258 g/mol. The third-order valence-corrected chi connectivity index (χ3v) is 2.96. The van der Waals surface area contributed by atoms with Crippen LogP contribution in [0.1, 0.15) is 6.92 Å². The highest BCUT2D eigenvalue weighted by atomic mass is 16.6. The van der Waals surface area contributed by atoms with Crippen LogP contribution >= 0.6 is 0 Å². The number of benzene rings is 1. The standard InChI is InChI=1S/C14H17N3O3/c1-3-16(11(2)20-10-18)12-5-4-6-13(9-12)17-8-7-15-14(17)19/h3-9,11,18H,1,10H2,2H3,(H,15,19). The molecule has 0 aliphatic carbocycles. The van der Waals surface area contributed by atoms with Crippen LogP contribution in [0.25, 0.3) is 5.69 Å². The molecule has 2 rings (SSSR count). The van der Waals surface area contributed by atoms with Crippen molar-refractivity contribution in [2.75, 3.05) is 11.7 Å². The van der Waals surface area contributed by atoms with E-state index in [1.807, 2.05) is 24.3 Å². The van der Waals surface area contributed by atoms with Crippen LogP contribution in [0.3, 0.4) is 0 Å². The molecule has 1 aromatic carbocycles. The Morgan fingerprint density at radius 2 is 2.40 bits per heavy atom. The Morgan fingerprint density at radius 3 is 3.00 bits per heavy atom. The number of aromatic nitrogens is 2. The van der Waals surface area contributed by atoms with Crippen molar-refractivity contribution in [1.29, 1.82) is 0 Å². The van der Waals surface area contributed by atoms with Crippen molar-refractivity contribution in [2.45, 2.75) is 13.2 Å². The summed E-state index contributed by atoms with van der Waals surface area (Å²) in [5, 5.41) is 8.84. The second-order valence-corrected chi connectivity index (χ2v) is 4.14. The molecule has 0 radical (unpaired) electrons. The molecule has 106 valence electrons. The molecule has 2 aromatic rings. The van der Waals surface area contributed by atoms with Gasteiger partial charge in [0.2, 0.25) is 0 Å². The molecule has 0 aliphatic rings. The number of nitrogens with one attached hydrogen (secondary N) is 1. The van der Waals surface area contributed by atoms with Crippen LogP contribution in [0.2, 0.25) is 0 Å². The van der Waals surface area contributed by atoms with Crippen molar-refractivity contribution in [1.82, 2.24) is 9.55 Å². The molecule has 1 heterocycles. The molecule has 0 amide bonds. The van der Waals surface area contributed by atoms with Gasteiger partial charge in [-0.3, -0.25) is 4.57 Å². The number of ether oxygens (including phenoxy) is 1. The SMILES string of the molecule is C=CN(c1cccc(-n2cc[nH]c2=O)c1)C(C)OCO. The molecule has 1 unspecified atom stereocenters. The first-order chi connectivity index (χ1) is 9.67. The van der Waals surface area contributed by atoms with Gasteiger partial charge in [0.25, 0.3) is 0 Å². The maximum atomic E-state index is 11.6. The number of rotatable bonds is 6. The van der Waals surface area contributed by atoms with Gasteiger partial charge in [0.1, 0.15) is 13.0 Å². The summed E-state index contributed by atoms with van der Waals surface area (Å²) < 4.78 is 6.64. The molecule has 0 aliphatic heterocycles. The average molecular weight is 275 g/mol. The second-order valence-electron chi connectivity index (χ2n) is 4.14. The van der Waals surface area contributed by atoms with Crippen molar-refractivity contribution in [3.8, 4) is 5.69 Å². The summed E-state index contributed by atoms with van der Waals surface area (Å²) >= 11 is 0. The van der Waals surface area contributed by atoms with E-state index >= 15 is 0 Å². The minimum Gasteiger partial charge on any atom is -0.371 e. The van der Waals surface area contributed by atoms with Gasteiger partial charge in [0.15, 0.2) is 0 Å². The third-order valence-electron chi connectivity index (χ3n) is 2.96. The summed E-state index contributed by atoms with van der Waals surface area (Å²) in [6, 6.07) is 7.39. The lowest BCUT2D eigenvalue weighted by molar-refractivity contribution is -0.0397. The van der Waals surface area contributed by atoms with E-state index in [1.54, 1.807) is 30.4 Å². The summed E-state index contributed by atoms with van der Waals surface area (Å²) in [6.45, 7) is 5.17. The monoisotopic (exact) mass is 275 g/mol. The van der Waals surface area contributed by atoms with Gasteiger partial charge in [0.05, 0.1) is 5.69 Å². The van der Waals surface area contributed by atoms with E-state index in [0.29, 0.717) is 0 Å². The number of aliphatic hydroxyl groups is 1. The Balaban J connectivity index is 2.36. The summed E-state index contributed by atoms with van der Waals surface area (Å²) in [5.41, 5.74) is 1.34. The summed E-state index contributed by atoms with van der Waals surface area (Å²) in [6.07, 6.45) is 4.49. The van der Waals surface area contributed by atoms with E-state index in [2.05, 4.69) is 11.6 Å². The highest BCUT2D eigenvalue weighted by molar-refractivity contribution is 5.55. The Labute approximate surface area is 116 Å². The fourth-order valence-electron chi connectivity index (χ4n) is 1.98. The van der Waals surface area contributed by atoms with Crippen molar-refractivity contribution < 1.29 is 9.84 Å². The van der Waals surface area contributed by atoms with Gasteiger partial charge in [-0.05, 0) is 31.3 Å². The molecule has 0 saturated heterocycles. The van der Waals surface area contributed by atoms with Gasteiger partial charge in [-0.25, -0.2) is 4.79 Å². The molecule has 1 aromatic heterocycles. The summed E-state index contributed by atoms with van der Waals surface area (Å²) in [4.78, 5) is 16.0. The fourth-order valence-corrected chi connectivity index (χ4v) is 1.98. The van der Waals surface area contributed by atoms with Crippen LogP contribution < -0.4 is 10.6 Å². The lowest BCUT2D eigenvalue weighted by atomic mass is 10.2. The molecule has 1 atom stereocenters. The zero-order valence-electron chi connectivity index (χ0n) is 11.2. The van der Waals surface area contributed by atoms with Gasteiger partial charge in [-0.15, -0.1) is 0 Å².